The van der Waals surface area contributed by atoms with E-state index < -0.39 is 21.6 Å². The van der Waals surface area contributed by atoms with Crippen molar-refractivity contribution in [1.82, 2.24) is 14.5 Å². The van der Waals surface area contributed by atoms with Crippen LogP contribution in [0.15, 0.2) is 35.2 Å². The van der Waals surface area contributed by atoms with E-state index in [9.17, 15) is 21.6 Å². The van der Waals surface area contributed by atoms with E-state index in [-0.39, 0.29) is 32.8 Å². The maximum atomic E-state index is 12.9. The molecule has 26 heavy (non-hydrogen) atoms. The van der Waals surface area contributed by atoms with E-state index in [0.717, 1.165) is 12.1 Å². The molecule has 0 atom stereocenters. The SMILES string of the molecule is CCS(=O)(=O)c1ccc(Cl)nc1-c1nc2cc(C(F)(F)F)ccc2n1C. The first-order chi connectivity index (χ1) is 12.0. The minimum absolute atomic E-state index is 0.00612. The Morgan fingerprint density at radius 1 is 1.15 bits per heavy atom. The highest BCUT2D eigenvalue weighted by atomic mass is 35.5. The standard InChI is InChI=1S/C16H13ClF3N3O2S/c1-3-26(24,25)12-6-7-13(17)22-14(12)15-21-10-8-9(16(18,19)20)4-5-11(10)23(15)2/h4-8H,3H2,1-2H3. The van der Waals surface area contributed by atoms with Crippen molar-refractivity contribution < 1.29 is 21.6 Å². The van der Waals surface area contributed by atoms with E-state index in [1.165, 1.54) is 29.7 Å². The van der Waals surface area contributed by atoms with E-state index in [1.54, 1.807) is 7.05 Å². The molecule has 3 rings (SSSR count). The van der Waals surface area contributed by atoms with Crippen molar-refractivity contribution in [2.75, 3.05) is 5.75 Å². The number of rotatable bonds is 3. The summed E-state index contributed by atoms with van der Waals surface area (Å²) in [6.07, 6.45) is -4.50. The summed E-state index contributed by atoms with van der Waals surface area (Å²) in [5.41, 5.74) is -0.338. The smallest absolute Gasteiger partial charge is 0.326 e. The predicted molar refractivity (Wildman–Crippen MR) is 91.7 cm³/mol. The number of benzene rings is 1. The maximum absolute atomic E-state index is 12.9. The van der Waals surface area contributed by atoms with E-state index in [1.807, 2.05) is 0 Å². The summed E-state index contributed by atoms with van der Waals surface area (Å²) in [5, 5.41) is 0.0538. The van der Waals surface area contributed by atoms with Gasteiger partial charge in [0.15, 0.2) is 15.7 Å². The second-order valence-corrected chi connectivity index (χ2v) is 8.21. The van der Waals surface area contributed by atoms with Crippen molar-refractivity contribution in [2.45, 2.75) is 18.0 Å². The Morgan fingerprint density at radius 3 is 2.46 bits per heavy atom. The van der Waals surface area contributed by atoms with Gasteiger partial charge in [-0.2, -0.15) is 13.2 Å². The van der Waals surface area contributed by atoms with Gasteiger partial charge in [0, 0.05) is 7.05 Å². The molecule has 0 saturated heterocycles. The molecule has 0 N–H and O–H groups in total. The third-order valence-corrected chi connectivity index (χ3v) is 5.93. The molecule has 0 saturated carbocycles. The molecule has 138 valence electrons. The van der Waals surface area contributed by atoms with Gasteiger partial charge in [-0.15, -0.1) is 0 Å². The van der Waals surface area contributed by atoms with Crippen molar-refractivity contribution in [3.05, 3.63) is 41.0 Å². The van der Waals surface area contributed by atoms with Crippen LogP contribution in [0.3, 0.4) is 0 Å². The van der Waals surface area contributed by atoms with Crippen molar-refractivity contribution in [2.24, 2.45) is 7.05 Å². The highest BCUT2D eigenvalue weighted by Crippen LogP contribution is 2.34. The predicted octanol–water partition coefficient (Wildman–Crippen LogP) is 4.10. The molecule has 2 aromatic heterocycles. The number of imidazole rings is 1. The van der Waals surface area contributed by atoms with Crippen LogP contribution < -0.4 is 0 Å². The number of halogens is 4. The number of alkyl halides is 3. The van der Waals surface area contributed by atoms with Crippen LogP contribution in [-0.2, 0) is 23.1 Å². The lowest BCUT2D eigenvalue weighted by Gasteiger charge is -2.09. The van der Waals surface area contributed by atoms with Gasteiger partial charge in [0.1, 0.15) is 10.8 Å². The quantitative estimate of drug-likeness (QED) is 0.617. The van der Waals surface area contributed by atoms with Crippen molar-refractivity contribution >= 4 is 32.5 Å². The fourth-order valence-corrected chi connectivity index (χ4v) is 3.74. The molecule has 0 unspecified atom stereocenters. The van der Waals surface area contributed by atoms with Crippen LogP contribution in [0, 0.1) is 0 Å². The second-order valence-electron chi connectivity index (χ2n) is 5.58. The molecule has 10 heteroatoms. The molecule has 0 fully saturated rings. The Balaban J connectivity index is 2.30. The minimum atomic E-state index is -4.50. The monoisotopic (exact) mass is 403 g/mol. The van der Waals surface area contributed by atoms with Gasteiger partial charge in [-0.25, -0.2) is 18.4 Å². The van der Waals surface area contributed by atoms with Crippen LogP contribution in [0.25, 0.3) is 22.6 Å². The first kappa shape index (κ1) is 18.7. The third kappa shape index (κ3) is 3.16. The van der Waals surface area contributed by atoms with Gasteiger partial charge in [-0.3, -0.25) is 0 Å². The highest BCUT2D eigenvalue weighted by Gasteiger charge is 2.31. The van der Waals surface area contributed by atoms with Crippen LogP contribution in [0.1, 0.15) is 12.5 Å². The van der Waals surface area contributed by atoms with Gasteiger partial charge in [-0.1, -0.05) is 18.5 Å². The van der Waals surface area contributed by atoms with Crippen molar-refractivity contribution in [3.63, 3.8) is 0 Å². The zero-order chi connectivity index (χ0) is 19.3. The normalized spacial score (nSPS) is 12.7. The highest BCUT2D eigenvalue weighted by molar-refractivity contribution is 7.91. The summed E-state index contributed by atoms with van der Waals surface area (Å²) < 4.78 is 65.0. The van der Waals surface area contributed by atoms with Crippen LogP contribution in [0.2, 0.25) is 5.15 Å². The summed E-state index contributed by atoms with van der Waals surface area (Å²) in [7, 11) is -2.06. The van der Waals surface area contributed by atoms with Crippen LogP contribution in [0.5, 0.6) is 0 Å². The number of aromatic nitrogens is 3. The van der Waals surface area contributed by atoms with Gasteiger partial charge >= 0.3 is 6.18 Å². The van der Waals surface area contributed by atoms with Gasteiger partial charge in [0.2, 0.25) is 0 Å². The number of hydrogen-bond donors (Lipinski definition) is 0. The number of sulfone groups is 1. The number of aryl methyl sites for hydroxylation is 1. The third-order valence-electron chi connectivity index (χ3n) is 3.96. The minimum Gasteiger partial charge on any atom is -0.326 e. The molecule has 2 heterocycles. The molecule has 0 amide bonds. The number of pyridine rings is 1. The van der Waals surface area contributed by atoms with Crippen molar-refractivity contribution in [3.8, 4) is 11.5 Å². The molecule has 0 spiro atoms. The summed E-state index contributed by atoms with van der Waals surface area (Å²) in [6.45, 7) is 1.48. The zero-order valence-corrected chi connectivity index (χ0v) is 15.2. The van der Waals surface area contributed by atoms with Crippen LogP contribution in [0.4, 0.5) is 13.2 Å². The zero-order valence-electron chi connectivity index (χ0n) is 13.7. The fraction of sp³-hybridized carbons (Fsp3) is 0.250. The van der Waals surface area contributed by atoms with E-state index in [0.29, 0.717) is 5.52 Å². The summed E-state index contributed by atoms with van der Waals surface area (Å²) in [6, 6.07) is 5.81. The van der Waals surface area contributed by atoms with E-state index >= 15 is 0 Å². The molecule has 1 aromatic carbocycles. The Labute approximate surface area is 152 Å². The Morgan fingerprint density at radius 2 is 1.85 bits per heavy atom. The van der Waals surface area contributed by atoms with Crippen LogP contribution in [-0.4, -0.2) is 28.7 Å². The summed E-state index contributed by atoms with van der Waals surface area (Å²) in [5.74, 6) is -0.0419. The van der Waals surface area contributed by atoms with Gasteiger partial charge in [0.05, 0.1) is 27.2 Å². The van der Waals surface area contributed by atoms with Crippen LogP contribution >= 0.6 is 11.6 Å². The summed E-state index contributed by atoms with van der Waals surface area (Å²) in [4.78, 5) is 8.18. The molecular weight excluding hydrogens is 391 g/mol. The largest absolute Gasteiger partial charge is 0.416 e. The molecule has 5 nitrogen and oxygen atoms in total. The first-order valence-electron chi connectivity index (χ1n) is 7.48. The van der Waals surface area contributed by atoms with Crippen molar-refractivity contribution in [1.29, 1.82) is 0 Å². The maximum Gasteiger partial charge on any atom is 0.416 e. The second kappa shape index (κ2) is 6.24. The average Bonchev–Trinajstić information content (AvgIpc) is 2.90. The first-order valence-corrected chi connectivity index (χ1v) is 9.51. The molecule has 0 aliphatic rings. The van der Waals surface area contributed by atoms with E-state index in [4.69, 9.17) is 11.6 Å². The van der Waals surface area contributed by atoms with Gasteiger partial charge in [-0.05, 0) is 30.3 Å². The lowest BCUT2D eigenvalue weighted by molar-refractivity contribution is -0.137. The fourth-order valence-electron chi connectivity index (χ4n) is 2.58. The van der Waals surface area contributed by atoms with Gasteiger partial charge < -0.3 is 4.57 Å². The topological polar surface area (TPSA) is 64.8 Å². The molecule has 0 aliphatic heterocycles. The molecule has 3 aromatic rings. The lowest BCUT2D eigenvalue weighted by atomic mass is 10.2. The molecule has 0 bridgehead atoms. The van der Waals surface area contributed by atoms with Gasteiger partial charge in [0.25, 0.3) is 0 Å². The Hall–Kier alpha value is -2.13. The average molecular weight is 404 g/mol. The Kier molecular flexibility index (Phi) is 4.48. The van der Waals surface area contributed by atoms with E-state index in [2.05, 4.69) is 9.97 Å². The number of hydrogen-bond acceptors (Lipinski definition) is 4. The Bertz CT molecular complexity index is 1110. The molecular formula is C16H13ClF3N3O2S. The number of nitrogens with zero attached hydrogens (tertiary/aromatic N) is 3. The summed E-state index contributed by atoms with van der Waals surface area (Å²) >= 11 is 5.90. The lowest BCUT2D eigenvalue weighted by Crippen LogP contribution is -2.08. The number of fused-ring (bicyclic) bond motifs is 1. The molecule has 0 radical (unpaired) electrons. The molecule has 0 aliphatic carbocycles.